The van der Waals surface area contributed by atoms with E-state index in [2.05, 4.69) is 5.32 Å². The fourth-order valence-electron chi connectivity index (χ4n) is 2.17. The predicted molar refractivity (Wildman–Crippen MR) is 97.2 cm³/mol. The number of carbonyl (C=O) groups is 2. The summed E-state index contributed by atoms with van der Waals surface area (Å²) in [6, 6.07) is 14.5. The number of amides is 2. The molecule has 2 aromatic carbocycles. The second kappa shape index (κ2) is 8.48. The molecule has 0 aromatic heterocycles. The number of rotatable bonds is 7. The second-order valence-corrected chi connectivity index (χ2v) is 7.19. The Morgan fingerprint density at radius 2 is 1.65 bits per heavy atom. The summed E-state index contributed by atoms with van der Waals surface area (Å²) in [5.41, 5.74) is 0.423. The number of ether oxygens (including phenoxy) is 1. The summed E-state index contributed by atoms with van der Waals surface area (Å²) < 4.78 is 31.3. The van der Waals surface area contributed by atoms with Crippen LogP contribution in [0.4, 0.5) is 5.69 Å². The van der Waals surface area contributed by atoms with Crippen LogP contribution in [-0.2, 0) is 19.6 Å². The highest BCUT2D eigenvalue weighted by Crippen LogP contribution is 2.17. The number of nitrogens with one attached hydrogen (secondary N) is 2. The van der Waals surface area contributed by atoms with Gasteiger partial charge in [-0.3, -0.25) is 9.59 Å². The van der Waals surface area contributed by atoms with Crippen LogP contribution in [0.3, 0.4) is 0 Å². The largest absolute Gasteiger partial charge is 0.481 e. The third kappa shape index (κ3) is 5.32. The van der Waals surface area contributed by atoms with Gasteiger partial charge in [0, 0.05) is 12.6 Å². The molecule has 2 N–H and O–H groups in total. The Bertz CT molecular complexity index is 864. The highest BCUT2D eigenvalue weighted by molar-refractivity contribution is 7.90. The van der Waals surface area contributed by atoms with E-state index in [9.17, 15) is 18.0 Å². The zero-order valence-corrected chi connectivity index (χ0v) is 15.2. The zero-order chi connectivity index (χ0) is 19.2. The fraction of sp³-hybridized carbons (Fsp3) is 0.222. The minimum atomic E-state index is -3.90. The van der Waals surface area contributed by atoms with E-state index in [0.717, 1.165) is 6.92 Å². The lowest BCUT2D eigenvalue weighted by molar-refractivity contribution is -0.122. The van der Waals surface area contributed by atoms with E-state index < -0.39 is 22.0 Å². The Kier molecular flexibility index (Phi) is 6.35. The molecular weight excluding hydrogens is 356 g/mol. The van der Waals surface area contributed by atoms with Crippen molar-refractivity contribution in [2.75, 3.05) is 5.32 Å². The number of para-hydroxylation sites is 1. The molecule has 0 aliphatic rings. The lowest BCUT2D eigenvalue weighted by Crippen LogP contribution is -2.32. The topological polar surface area (TPSA) is 102 Å². The third-order valence-electron chi connectivity index (χ3n) is 3.40. The number of anilines is 1. The molecule has 0 unspecified atom stereocenters. The molecule has 0 aliphatic heterocycles. The average Bonchev–Trinajstić information content (AvgIpc) is 2.60. The van der Waals surface area contributed by atoms with Crippen LogP contribution < -0.4 is 14.8 Å². The van der Waals surface area contributed by atoms with E-state index in [1.807, 2.05) is 29.8 Å². The van der Waals surface area contributed by atoms with Crippen LogP contribution >= 0.6 is 0 Å². The molecule has 0 aliphatic carbocycles. The van der Waals surface area contributed by atoms with E-state index in [1.54, 1.807) is 12.1 Å². The molecule has 138 valence electrons. The predicted octanol–water partition coefficient (Wildman–Crippen LogP) is 2.31. The molecule has 8 heteroatoms. The van der Waals surface area contributed by atoms with Crippen molar-refractivity contribution in [1.82, 2.24) is 4.72 Å². The molecule has 1 atom stereocenters. The Morgan fingerprint density at radius 3 is 2.19 bits per heavy atom. The van der Waals surface area contributed by atoms with Crippen molar-refractivity contribution in [3.8, 4) is 5.75 Å². The highest BCUT2D eigenvalue weighted by atomic mass is 32.2. The smallest absolute Gasteiger partial charge is 0.265 e. The minimum Gasteiger partial charge on any atom is -0.481 e. The molecule has 0 radical (unpaired) electrons. The summed E-state index contributed by atoms with van der Waals surface area (Å²) in [5.74, 6) is -0.425. The van der Waals surface area contributed by atoms with Gasteiger partial charge >= 0.3 is 0 Å². The maximum absolute atomic E-state index is 12.4. The normalized spacial score (nSPS) is 12.1. The summed E-state index contributed by atoms with van der Waals surface area (Å²) in [4.78, 5) is 23.2. The summed E-state index contributed by atoms with van der Waals surface area (Å²) in [6.07, 6.45) is -0.212. The van der Waals surface area contributed by atoms with Crippen LogP contribution in [0.15, 0.2) is 59.5 Å². The maximum atomic E-state index is 12.4. The van der Waals surface area contributed by atoms with Crippen molar-refractivity contribution in [2.24, 2.45) is 0 Å². The van der Waals surface area contributed by atoms with E-state index in [0.29, 0.717) is 17.9 Å². The molecule has 0 saturated carbocycles. The first-order chi connectivity index (χ1) is 12.3. The van der Waals surface area contributed by atoms with Crippen LogP contribution in [0.25, 0.3) is 0 Å². The van der Waals surface area contributed by atoms with E-state index in [-0.39, 0.29) is 10.8 Å². The maximum Gasteiger partial charge on any atom is 0.265 e. The molecule has 2 aromatic rings. The quantitative estimate of drug-likeness (QED) is 0.772. The van der Waals surface area contributed by atoms with Crippen molar-refractivity contribution in [2.45, 2.75) is 31.3 Å². The SMILES string of the molecule is CC[C@H](Oc1ccccc1)C(=O)Nc1ccc(S(=O)(=O)NC(C)=O)cc1. The monoisotopic (exact) mass is 376 g/mol. The van der Waals surface area contributed by atoms with Crippen LogP contribution in [0.5, 0.6) is 5.75 Å². The Labute approximate surface area is 152 Å². The molecule has 0 heterocycles. The highest BCUT2D eigenvalue weighted by Gasteiger charge is 2.19. The van der Waals surface area contributed by atoms with Crippen LogP contribution in [0.2, 0.25) is 0 Å². The van der Waals surface area contributed by atoms with E-state index >= 15 is 0 Å². The second-order valence-electron chi connectivity index (χ2n) is 5.50. The van der Waals surface area contributed by atoms with Gasteiger partial charge in [0.2, 0.25) is 5.91 Å². The minimum absolute atomic E-state index is 0.0710. The molecule has 7 nitrogen and oxygen atoms in total. The summed E-state index contributed by atoms with van der Waals surface area (Å²) >= 11 is 0. The number of carbonyl (C=O) groups excluding carboxylic acids is 2. The van der Waals surface area contributed by atoms with Crippen molar-refractivity contribution in [3.63, 3.8) is 0 Å². The number of sulfonamides is 1. The standard InChI is InChI=1S/C18H20N2O5S/c1-3-17(25-15-7-5-4-6-8-15)18(22)19-14-9-11-16(12-10-14)26(23,24)20-13(2)21/h4-12,17H,3H2,1-2H3,(H,19,22)(H,20,21)/t17-/m0/s1. The van der Waals surface area contributed by atoms with Crippen LogP contribution in [0.1, 0.15) is 20.3 Å². The molecule has 0 saturated heterocycles. The first kappa shape index (κ1) is 19.5. The summed E-state index contributed by atoms with van der Waals surface area (Å²) in [7, 11) is -3.90. The first-order valence-corrected chi connectivity index (χ1v) is 9.46. The van der Waals surface area contributed by atoms with Crippen molar-refractivity contribution in [3.05, 3.63) is 54.6 Å². The lowest BCUT2D eigenvalue weighted by atomic mass is 10.2. The van der Waals surface area contributed by atoms with Gasteiger partial charge in [-0.25, -0.2) is 13.1 Å². The van der Waals surface area contributed by atoms with Gasteiger partial charge in [0.25, 0.3) is 15.9 Å². The van der Waals surface area contributed by atoms with Crippen LogP contribution in [0, 0.1) is 0 Å². The molecule has 2 rings (SSSR count). The fourth-order valence-corrected chi connectivity index (χ4v) is 3.16. The van der Waals surface area contributed by atoms with Gasteiger partial charge < -0.3 is 10.1 Å². The van der Waals surface area contributed by atoms with Gasteiger partial charge in [-0.1, -0.05) is 25.1 Å². The van der Waals surface area contributed by atoms with E-state index in [1.165, 1.54) is 24.3 Å². The van der Waals surface area contributed by atoms with Crippen LogP contribution in [-0.4, -0.2) is 26.3 Å². The molecule has 0 fully saturated rings. The molecule has 0 spiro atoms. The van der Waals surface area contributed by atoms with Gasteiger partial charge in [0.15, 0.2) is 6.10 Å². The van der Waals surface area contributed by atoms with Gasteiger partial charge in [-0.05, 0) is 42.8 Å². The number of benzene rings is 2. The van der Waals surface area contributed by atoms with E-state index in [4.69, 9.17) is 4.74 Å². The summed E-state index contributed by atoms with van der Waals surface area (Å²) in [5, 5.41) is 2.69. The van der Waals surface area contributed by atoms with Gasteiger partial charge in [0.1, 0.15) is 5.75 Å². The Morgan fingerprint density at radius 1 is 1.04 bits per heavy atom. The zero-order valence-electron chi connectivity index (χ0n) is 14.4. The lowest BCUT2D eigenvalue weighted by Gasteiger charge is -2.17. The Balaban J connectivity index is 2.05. The van der Waals surface area contributed by atoms with Crippen molar-refractivity contribution in [1.29, 1.82) is 0 Å². The molecule has 0 bridgehead atoms. The number of hydrogen-bond acceptors (Lipinski definition) is 5. The van der Waals surface area contributed by atoms with Crippen molar-refractivity contribution >= 4 is 27.5 Å². The van der Waals surface area contributed by atoms with Gasteiger partial charge in [-0.2, -0.15) is 0 Å². The summed E-state index contributed by atoms with van der Waals surface area (Å²) in [6.45, 7) is 2.94. The molecular formula is C18H20N2O5S. The Hall–Kier alpha value is -2.87. The van der Waals surface area contributed by atoms with Gasteiger partial charge in [-0.15, -0.1) is 0 Å². The van der Waals surface area contributed by atoms with Gasteiger partial charge in [0.05, 0.1) is 4.90 Å². The third-order valence-corrected chi connectivity index (χ3v) is 4.84. The molecule has 26 heavy (non-hydrogen) atoms. The average molecular weight is 376 g/mol. The van der Waals surface area contributed by atoms with Crippen molar-refractivity contribution < 1.29 is 22.7 Å². The number of hydrogen-bond donors (Lipinski definition) is 2. The molecule has 2 amide bonds. The first-order valence-electron chi connectivity index (χ1n) is 7.98.